The molecule has 0 nitrogen and oxygen atoms in total. The zero-order valence-electron chi connectivity index (χ0n) is 12.8. The topological polar surface area (TPSA) is 0 Å². The van der Waals surface area contributed by atoms with E-state index in [2.05, 4.69) is 74.6 Å². The quantitative estimate of drug-likeness (QED) is 0.437. The van der Waals surface area contributed by atoms with Crippen LogP contribution in [0.5, 0.6) is 0 Å². The van der Waals surface area contributed by atoms with E-state index in [-0.39, 0.29) is 32.3 Å². The summed E-state index contributed by atoms with van der Waals surface area (Å²) in [5.74, 6) is 0. The first-order valence-electron chi connectivity index (χ1n) is 5.87. The van der Waals surface area contributed by atoms with Gasteiger partial charge in [0.25, 0.3) is 0 Å². The molecule has 1 rings (SSSR count). The van der Waals surface area contributed by atoms with Crippen molar-refractivity contribution in [3.63, 3.8) is 0 Å². The van der Waals surface area contributed by atoms with Gasteiger partial charge in [-0.25, -0.2) is 0 Å². The van der Waals surface area contributed by atoms with Crippen LogP contribution >= 0.6 is 32.3 Å². The van der Waals surface area contributed by atoms with Crippen LogP contribution in [0.2, 0.25) is 18.1 Å². The van der Waals surface area contributed by atoms with Gasteiger partial charge in [0.15, 0.2) is 0 Å². The Kier molecular flexibility index (Phi) is 8.35. The molecule has 0 aromatic carbocycles. The van der Waals surface area contributed by atoms with Gasteiger partial charge in [-0.15, -0.1) is 24.8 Å². The molecule has 1 aliphatic carbocycles. The van der Waals surface area contributed by atoms with E-state index < -0.39 is 7.74 Å². The van der Waals surface area contributed by atoms with Crippen LogP contribution in [0, 0.1) is 0 Å². The molecule has 1 unspecified atom stereocenters. The molecule has 0 saturated heterocycles. The molecular formula is C13H26Cl2PSiTi. The third-order valence-electron chi connectivity index (χ3n) is 5.09. The fourth-order valence-electron chi connectivity index (χ4n) is 2.62. The van der Waals surface area contributed by atoms with Crippen molar-refractivity contribution < 1.29 is 20.4 Å². The third-order valence-corrected chi connectivity index (χ3v) is 20.2. The largest absolute Gasteiger partial charge is 0.147 e. The Morgan fingerprint density at radius 3 is 1.61 bits per heavy atom. The number of rotatable bonds is 2. The molecule has 0 aromatic heterocycles. The van der Waals surface area contributed by atoms with Crippen molar-refractivity contribution in [1.82, 2.24) is 0 Å². The van der Waals surface area contributed by atoms with Gasteiger partial charge in [0.2, 0.25) is 0 Å². The van der Waals surface area contributed by atoms with Gasteiger partial charge in [0.1, 0.15) is 0 Å². The predicted octanol–water partition coefficient (Wildman–Crippen LogP) is 5.71. The fraction of sp³-hybridized carbons (Fsp3) is 0.692. The maximum Gasteiger partial charge on any atom is -0.147 e. The van der Waals surface area contributed by atoms with E-state index in [1.165, 1.54) is 0 Å². The molecule has 0 spiro atoms. The van der Waals surface area contributed by atoms with Gasteiger partial charge in [-0.2, -0.15) is 0 Å². The monoisotopic (exact) mass is 359 g/mol. The summed E-state index contributed by atoms with van der Waals surface area (Å²) in [6, 6.07) is 0. The molecule has 0 fully saturated rings. The number of hydrogen-bond donors (Lipinski definition) is 0. The van der Waals surface area contributed by atoms with Gasteiger partial charge in [-0.05, 0) is 0 Å². The Bertz CT molecular complexity index is 362. The first kappa shape index (κ1) is 21.7. The molecule has 0 bridgehead atoms. The summed E-state index contributed by atoms with van der Waals surface area (Å²) in [7, 11) is -1.06. The predicted molar refractivity (Wildman–Crippen MR) is 90.2 cm³/mol. The first-order valence-corrected chi connectivity index (χ1v) is 12.7. The van der Waals surface area contributed by atoms with Crippen molar-refractivity contribution in [3.8, 4) is 0 Å². The second-order valence-electron chi connectivity index (χ2n) is 5.83. The van der Waals surface area contributed by atoms with Crippen LogP contribution in [0.1, 0.15) is 27.7 Å². The average molecular weight is 360 g/mol. The molecule has 0 aliphatic heterocycles. The van der Waals surface area contributed by atoms with Gasteiger partial charge >= 0.3 is 115 Å². The molecule has 0 heterocycles. The molecule has 0 aromatic rings. The fourth-order valence-corrected chi connectivity index (χ4v) is 11.5. The van der Waals surface area contributed by atoms with Crippen molar-refractivity contribution in [2.75, 3.05) is 13.3 Å². The van der Waals surface area contributed by atoms with Crippen LogP contribution in [0.15, 0.2) is 20.6 Å². The molecule has 0 N–H and O–H groups in total. The minimum absolute atomic E-state index is 0. The van der Waals surface area contributed by atoms with E-state index in [0.717, 1.165) is 0 Å². The van der Waals surface area contributed by atoms with Crippen LogP contribution in [0.25, 0.3) is 0 Å². The zero-order chi connectivity index (χ0) is 12.9. The van der Waals surface area contributed by atoms with E-state index in [9.17, 15) is 0 Å². The van der Waals surface area contributed by atoms with Crippen LogP contribution in [0.3, 0.4) is 0 Å². The Hall–Kier alpha value is 1.42. The summed E-state index contributed by atoms with van der Waals surface area (Å²) < 4.78 is 1.65. The second kappa shape index (κ2) is 6.92. The Morgan fingerprint density at radius 1 is 1.00 bits per heavy atom. The Balaban J connectivity index is 0. The van der Waals surface area contributed by atoms with Gasteiger partial charge in [-0.3, -0.25) is 0 Å². The summed E-state index contributed by atoms with van der Waals surface area (Å²) in [6.45, 7) is 19.6. The summed E-state index contributed by atoms with van der Waals surface area (Å²) >= 11 is 2.36. The second-order valence-corrected chi connectivity index (χ2v) is 18.6. The third kappa shape index (κ3) is 2.88. The SMILES string of the molecule is CC1=C(C)C(C)([Si](C)(C)P(C)C)[C]([Ti])=C1C.Cl.Cl. The van der Waals surface area contributed by atoms with Crippen LogP contribution < -0.4 is 0 Å². The smallest absolute Gasteiger partial charge is 0.147 e. The minimum atomic E-state index is -1.23. The van der Waals surface area contributed by atoms with E-state index in [4.69, 9.17) is 0 Å². The number of halogens is 2. The number of hydrogen-bond acceptors (Lipinski definition) is 0. The van der Waals surface area contributed by atoms with Gasteiger partial charge < -0.3 is 0 Å². The molecule has 105 valence electrons. The van der Waals surface area contributed by atoms with E-state index in [1.54, 1.807) is 20.6 Å². The summed E-state index contributed by atoms with van der Waals surface area (Å²) in [6.07, 6.45) is 0. The molecule has 18 heavy (non-hydrogen) atoms. The van der Waals surface area contributed by atoms with Crippen molar-refractivity contribution in [1.29, 1.82) is 0 Å². The van der Waals surface area contributed by atoms with Gasteiger partial charge in [0, 0.05) is 0 Å². The zero-order valence-corrected chi connectivity index (χ0v) is 17.9. The van der Waals surface area contributed by atoms with Crippen molar-refractivity contribution in [2.45, 2.75) is 45.8 Å². The van der Waals surface area contributed by atoms with Crippen molar-refractivity contribution in [3.05, 3.63) is 20.6 Å². The maximum absolute atomic E-state index is 2.58. The summed E-state index contributed by atoms with van der Waals surface area (Å²) in [4.78, 5) is 0. The molecule has 0 amide bonds. The van der Waals surface area contributed by atoms with Gasteiger partial charge in [0.05, 0.1) is 0 Å². The molecule has 1 atom stereocenters. The average Bonchev–Trinajstić information content (AvgIpc) is 2.35. The summed E-state index contributed by atoms with van der Waals surface area (Å²) in [5.41, 5.74) is 4.75. The maximum atomic E-state index is 2.58. The van der Waals surface area contributed by atoms with E-state index in [0.29, 0.717) is 5.04 Å². The molecular weight excluding hydrogens is 334 g/mol. The molecule has 0 radical (unpaired) electrons. The van der Waals surface area contributed by atoms with E-state index >= 15 is 0 Å². The Morgan fingerprint density at radius 2 is 1.39 bits per heavy atom. The number of allylic oxidation sites excluding steroid dienone is 4. The summed E-state index contributed by atoms with van der Waals surface area (Å²) in [5, 5.41) is 0.399. The standard InChI is InChI=1S/C13H24PSi.2ClH.Ti/c1-10-9-13(4,12(3)11(10)2)15(7,8)14(5)6;;;/h1-8H3;2*1H;. The minimum Gasteiger partial charge on any atom is -0.147 e. The van der Waals surface area contributed by atoms with Crippen LogP contribution in [-0.2, 0) is 20.4 Å². The van der Waals surface area contributed by atoms with Crippen molar-refractivity contribution in [2.24, 2.45) is 0 Å². The molecule has 5 heteroatoms. The van der Waals surface area contributed by atoms with Crippen LogP contribution in [0.4, 0.5) is 0 Å². The first-order chi connectivity index (χ1) is 7.08. The molecule has 0 saturated carbocycles. The van der Waals surface area contributed by atoms with Crippen molar-refractivity contribution >= 4 is 40.0 Å². The Labute approximate surface area is 139 Å². The normalized spacial score (nSPS) is 24.2. The van der Waals surface area contributed by atoms with E-state index in [1.807, 2.05) is 0 Å². The van der Waals surface area contributed by atoms with Gasteiger partial charge in [-0.1, -0.05) is 0 Å². The van der Waals surface area contributed by atoms with Crippen LogP contribution in [-0.4, -0.2) is 21.1 Å². The molecule has 1 aliphatic rings.